The Kier molecular flexibility index (Phi) is 5.32. The van der Waals surface area contributed by atoms with Crippen LogP contribution in [0.25, 0.3) is 0 Å². The average molecular weight is 322 g/mol. The highest BCUT2D eigenvalue weighted by atomic mass is 16.2. The van der Waals surface area contributed by atoms with Crippen molar-refractivity contribution in [1.82, 2.24) is 10.7 Å². The molecule has 2 aliphatic carbocycles. The third kappa shape index (κ3) is 3.67. The highest BCUT2D eigenvalue weighted by Gasteiger charge is 2.59. The van der Waals surface area contributed by atoms with Crippen LogP contribution in [-0.2, 0) is 4.79 Å². The summed E-state index contributed by atoms with van der Waals surface area (Å²) in [7, 11) is 0. The molecule has 3 amide bonds. The number of hydrazone groups is 1. The van der Waals surface area contributed by atoms with Gasteiger partial charge in [-0.2, -0.15) is 5.10 Å². The third-order valence-corrected chi connectivity index (χ3v) is 6.21. The van der Waals surface area contributed by atoms with Gasteiger partial charge in [0, 0.05) is 24.1 Å². The van der Waals surface area contributed by atoms with E-state index >= 15 is 0 Å². The van der Waals surface area contributed by atoms with E-state index in [9.17, 15) is 9.59 Å². The minimum Gasteiger partial charge on any atom is -0.352 e. The summed E-state index contributed by atoms with van der Waals surface area (Å²) >= 11 is 0. The summed E-state index contributed by atoms with van der Waals surface area (Å²) in [4.78, 5) is 22.4. The van der Waals surface area contributed by atoms with E-state index < -0.39 is 6.03 Å². The fraction of sp³-hybridized carbons (Fsp3) is 0.824. The zero-order chi connectivity index (χ0) is 17.1. The zero-order valence-electron chi connectivity index (χ0n) is 14.6. The molecule has 2 aliphatic rings. The maximum atomic E-state index is 11.9. The van der Waals surface area contributed by atoms with Crippen molar-refractivity contribution in [3.05, 3.63) is 0 Å². The maximum Gasteiger partial charge on any atom is 0.312 e. The highest BCUT2D eigenvalue weighted by molar-refractivity contribution is 5.95. The standard InChI is InChI=1S/C17H30N4O2/c1-16(2)12-8-9-17(16,3)13(11-12)20-21-14(22)7-5-4-6-10-19-15(18)23/h12H,4-11H2,1-3H3,(H,21,22)(H3,18,19,23)/b20-13+/t12-,17+/m1/s1. The van der Waals surface area contributed by atoms with Gasteiger partial charge in [-0.25, -0.2) is 10.2 Å². The van der Waals surface area contributed by atoms with E-state index in [0.717, 1.165) is 31.4 Å². The summed E-state index contributed by atoms with van der Waals surface area (Å²) in [5.41, 5.74) is 9.30. The van der Waals surface area contributed by atoms with Gasteiger partial charge < -0.3 is 11.1 Å². The van der Waals surface area contributed by atoms with Crippen molar-refractivity contribution in [2.75, 3.05) is 6.54 Å². The number of fused-ring (bicyclic) bond motifs is 2. The Bertz CT molecular complexity index is 501. The Balaban J connectivity index is 1.70. The van der Waals surface area contributed by atoms with Crippen molar-refractivity contribution >= 4 is 17.6 Å². The predicted molar refractivity (Wildman–Crippen MR) is 90.9 cm³/mol. The van der Waals surface area contributed by atoms with Crippen LogP contribution in [0.3, 0.4) is 0 Å². The average Bonchev–Trinajstić information content (AvgIpc) is 2.81. The molecule has 2 atom stereocenters. The fourth-order valence-corrected chi connectivity index (χ4v) is 4.08. The van der Waals surface area contributed by atoms with Crippen molar-refractivity contribution < 1.29 is 9.59 Å². The number of primary amides is 1. The molecule has 4 N–H and O–H groups in total. The van der Waals surface area contributed by atoms with Crippen LogP contribution in [0.4, 0.5) is 4.79 Å². The van der Waals surface area contributed by atoms with E-state index in [1.807, 2.05) is 0 Å². The molecule has 6 heteroatoms. The van der Waals surface area contributed by atoms with Crippen molar-refractivity contribution in [3.8, 4) is 0 Å². The number of nitrogens with one attached hydrogen (secondary N) is 2. The first kappa shape index (κ1) is 17.8. The molecular weight excluding hydrogens is 292 g/mol. The summed E-state index contributed by atoms with van der Waals surface area (Å²) in [6.07, 6.45) is 6.44. The van der Waals surface area contributed by atoms with Gasteiger partial charge >= 0.3 is 6.03 Å². The highest BCUT2D eigenvalue weighted by Crippen LogP contribution is 2.63. The van der Waals surface area contributed by atoms with Crippen LogP contribution < -0.4 is 16.5 Å². The molecule has 0 aromatic heterocycles. The van der Waals surface area contributed by atoms with Gasteiger partial charge in [0.05, 0.1) is 0 Å². The van der Waals surface area contributed by atoms with Gasteiger partial charge in [-0.15, -0.1) is 0 Å². The second-order valence-corrected chi connectivity index (χ2v) is 7.69. The van der Waals surface area contributed by atoms with E-state index in [0.29, 0.717) is 18.9 Å². The predicted octanol–water partition coefficient (Wildman–Crippen LogP) is 2.53. The van der Waals surface area contributed by atoms with E-state index in [1.54, 1.807) is 0 Å². The first-order valence-corrected chi connectivity index (χ1v) is 8.66. The molecular formula is C17H30N4O2. The molecule has 130 valence electrons. The van der Waals surface area contributed by atoms with E-state index in [1.165, 1.54) is 12.8 Å². The zero-order valence-corrected chi connectivity index (χ0v) is 14.6. The van der Waals surface area contributed by atoms with E-state index in [2.05, 4.69) is 36.6 Å². The van der Waals surface area contributed by atoms with Gasteiger partial charge in [-0.05, 0) is 43.4 Å². The van der Waals surface area contributed by atoms with E-state index in [4.69, 9.17) is 5.73 Å². The Morgan fingerprint density at radius 1 is 1.26 bits per heavy atom. The van der Waals surface area contributed by atoms with Crippen LogP contribution in [0.2, 0.25) is 0 Å². The molecule has 0 aromatic carbocycles. The number of carbonyl (C=O) groups is 2. The molecule has 0 aliphatic heterocycles. The third-order valence-electron chi connectivity index (χ3n) is 6.21. The number of hydrogen-bond donors (Lipinski definition) is 3. The largest absolute Gasteiger partial charge is 0.352 e. The number of carbonyl (C=O) groups excluding carboxylic acids is 2. The fourth-order valence-electron chi connectivity index (χ4n) is 4.08. The van der Waals surface area contributed by atoms with Crippen LogP contribution in [0.1, 0.15) is 65.7 Å². The number of amides is 3. The molecule has 2 rings (SSSR count). The summed E-state index contributed by atoms with van der Waals surface area (Å²) in [5.74, 6) is 0.672. The second kappa shape index (κ2) is 6.89. The molecule has 0 aromatic rings. The lowest BCUT2D eigenvalue weighted by Crippen LogP contribution is -2.34. The molecule has 0 unspecified atom stereocenters. The van der Waals surface area contributed by atoms with Gasteiger partial charge in [0.2, 0.25) is 5.91 Å². The number of unbranched alkanes of at least 4 members (excludes halogenated alkanes) is 2. The molecule has 2 fully saturated rings. The minimum atomic E-state index is -0.499. The Hall–Kier alpha value is -1.59. The van der Waals surface area contributed by atoms with Crippen molar-refractivity contribution in [1.29, 1.82) is 0 Å². The summed E-state index contributed by atoms with van der Waals surface area (Å²) in [5, 5.41) is 6.99. The lowest BCUT2D eigenvalue weighted by molar-refractivity contribution is -0.121. The van der Waals surface area contributed by atoms with Crippen molar-refractivity contribution in [2.24, 2.45) is 27.6 Å². The van der Waals surface area contributed by atoms with Crippen LogP contribution in [-0.4, -0.2) is 24.2 Å². The van der Waals surface area contributed by atoms with Crippen molar-refractivity contribution in [2.45, 2.75) is 65.7 Å². The molecule has 2 bridgehead atoms. The maximum absolute atomic E-state index is 11.9. The number of nitrogens with zero attached hydrogens (tertiary/aromatic N) is 1. The Morgan fingerprint density at radius 3 is 2.57 bits per heavy atom. The van der Waals surface area contributed by atoms with Crippen LogP contribution >= 0.6 is 0 Å². The van der Waals surface area contributed by atoms with E-state index in [-0.39, 0.29) is 16.7 Å². The van der Waals surface area contributed by atoms with Crippen LogP contribution in [0.5, 0.6) is 0 Å². The molecule has 0 heterocycles. The molecule has 6 nitrogen and oxygen atoms in total. The molecule has 2 saturated carbocycles. The SMILES string of the molecule is CC1(C)[C@@H]2CC[C@@]1(C)/C(=N/NC(=O)CCCCCNC(N)=O)C2. The van der Waals surface area contributed by atoms with Crippen LogP contribution in [0, 0.1) is 16.7 Å². The Morgan fingerprint density at radius 2 is 2.00 bits per heavy atom. The topological polar surface area (TPSA) is 96.6 Å². The number of urea groups is 1. The van der Waals surface area contributed by atoms with Crippen molar-refractivity contribution in [3.63, 3.8) is 0 Å². The summed E-state index contributed by atoms with van der Waals surface area (Å²) in [6, 6.07) is -0.499. The normalized spacial score (nSPS) is 29.7. The first-order chi connectivity index (χ1) is 10.8. The lowest BCUT2D eigenvalue weighted by atomic mass is 9.70. The lowest BCUT2D eigenvalue weighted by Gasteiger charge is -2.34. The number of hydrogen-bond acceptors (Lipinski definition) is 3. The molecule has 0 radical (unpaired) electrons. The van der Waals surface area contributed by atoms with Gasteiger partial charge in [0.25, 0.3) is 0 Å². The number of nitrogens with two attached hydrogens (primary N) is 1. The van der Waals surface area contributed by atoms with Gasteiger partial charge in [-0.1, -0.05) is 27.2 Å². The molecule has 0 saturated heterocycles. The Labute approximate surface area is 138 Å². The monoisotopic (exact) mass is 322 g/mol. The first-order valence-electron chi connectivity index (χ1n) is 8.66. The number of rotatable bonds is 7. The summed E-state index contributed by atoms with van der Waals surface area (Å²) in [6.45, 7) is 7.51. The molecule has 23 heavy (non-hydrogen) atoms. The quantitative estimate of drug-likeness (QED) is 0.496. The minimum absolute atomic E-state index is 0.0236. The smallest absolute Gasteiger partial charge is 0.312 e. The van der Waals surface area contributed by atoms with Crippen LogP contribution in [0.15, 0.2) is 5.10 Å². The second-order valence-electron chi connectivity index (χ2n) is 7.69. The van der Waals surface area contributed by atoms with Gasteiger partial charge in [-0.3, -0.25) is 4.79 Å². The van der Waals surface area contributed by atoms with Gasteiger partial charge in [0.15, 0.2) is 0 Å². The van der Waals surface area contributed by atoms with Gasteiger partial charge in [0.1, 0.15) is 0 Å². The summed E-state index contributed by atoms with van der Waals surface area (Å²) < 4.78 is 0. The molecule has 0 spiro atoms.